The van der Waals surface area contributed by atoms with Crippen molar-refractivity contribution in [2.24, 2.45) is 0 Å². The Morgan fingerprint density at radius 2 is 1.85 bits per heavy atom. The van der Waals surface area contributed by atoms with Crippen molar-refractivity contribution in [3.8, 4) is 0 Å². The summed E-state index contributed by atoms with van der Waals surface area (Å²) in [5.41, 5.74) is 2.51. The summed E-state index contributed by atoms with van der Waals surface area (Å²) >= 11 is 9.69. The van der Waals surface area contributed by atoms with Crippen LogP contribution in [0.2, 0.25) is 5.02 Å². The molecule has 1 fully saturated rings. The van der Waals surface area contributed by atoms with Crippen molar-refractivity contribution >= 4 is 38.9 Å². The van der Waals surface area contributed by atoms with Gasteiger partial charge in [0.25, 0.3) is 5.56 Å². The van der Waals surface area contributed by atoms with Gasteiger partial charge in [0.2, 0.25) is 0 Å². The quantitative estimate of drug-likeness (QED) is 0.634. The van der Waals surface area contributed by atoms with Crippen molar-refractivity contribution in [2.45, 2.75) is 6.54 Å². The first-order valence-corrected chi connectivity index (χ1v) is 9.67. The SMILES string of the molecule is O=c1cc(CN2CCN(c3ccccc3Cl)CC2)nc2ccc(Br)cn12. The third-order valence-corrected chi connectivity index (χ3v) is 5.42. The molecule has 3 heterocycles. The molecule has 2 aromatic heterocycles. The first kappa shape index (κ1) is 17.5. The van der Waals surface area contributed by atoms with Gasteiger partial charge in [-0.3, -0.25) is 14.1 Å². The van der Waals surface area contributed by atoms with E-state index < -0.39 is 0 Å². The number of hydrogen-bond acceptors (Lipinski definition) is 4. The van der Waals surface area contributed by atoms with Gasteiger partial charge in [0.15, 0.2) is 0 Å². The molecule has 4 rings (SSSR count). The topological polar surface area (TPSA) is 40.9 Å². The lowest BCUT2D eigenvalue weighted by Gasteiger charge is -2.36. The summed E-state index contributed by atoms with van der Waals surface area (Å²) in [7, 11) is 0. The first-order chi connectivity index (χ1) is 12.6. The molecule has 1 aliphatic heterocycles. The smallest absolute Gasteiger partial charge is 0.258 e. The molecule has 1 aliphatic rings. The number of aromatic nitrogens is 2. The van der Waals surface area contributed by atoms with Crippen LogP contribution >= 0.6 is 27.5 Å². The van der Waals surface area contributed by atoms with E-state index in [1.807, 2.05) is 30.3 Å². The molecule has 26 heavy (non-hydrogen) atoms. The molecule has 0 saturated carbocycles. The number of fused-ring (bicyclic) bond motifs is 1. The molecule has 5 nitrogen and oxygen atoms in total. The minimum Gasteiger partial charge on any atom is -0.368 e. The van der Waals surface area contributed by atoms with Crippen LogP contribution in [0.3, 0.4) is 0 Å². The maximum Gasteiger partial charge on any atom is 0.258 e. The summed E-state index contributed by atoms with van der Waals surface area (Å²) in [5, 5.41) is 0.788. The van der Waals surface area contributed by atoms with Crippen molar-refractivity contribution < 1.29 is 0 Å². The minimum absolute atomic E-state index is 0.0546. The summed E-state index contributed by atoms with van der Waals surface area (Å²) in [6.45, 7) is 4.31. The second kappa shape index (κ2) is 7.39. The van der Waals surface area contributed by atoms with E-state index in [4.69, 9.17) is 11.6 Å². The van der Waals surface area contributed by atoms with E-state index in [2.05, 4.69) is 36.8 Å². The van der Waals surface area contributed by atoms with Crippen molar-refractivity contribution in [2.75, 3.05) is 31.1 Å². The number of nitrogens with zero attached hydrogens (tertiary/aromatic N) is 4. The van der Waals surface area contributed by atoms with Gasteiger partial charge in [-0.1, -0.05) is 23.7 Å². The molecule has 7 heteroatoms. The Morgan fingerprint density at radius 1 is 1.08 bits per heavy atom. The number of hydrogen-bond donors (Lipinski definition) is 0. The molecular weight excluding hydrogens is 416 g/mol. The van der Waals surface area contributed by atoms with Crippen molar-refractivity contribution in [1.29, 1.82) is 0 Å². The zero-order valence-electron chi connectivity index (χ0n) is 14.1. The van der Waals surface area contributed by atoms with E-state index in [0.717, 1.165) is 47.1 Å². The molecule has 0 unspecified atom stereocenters. The summed E-state index contributed by atoms with van der Waals surface area (Å²) in [6.07, 6.45) is 1.75. The number of halogens is 2. The Hall–Kier alpha value is -1.89. The predicted octanol–water partition coefficient (Wildman–Crippen LogP) is 3.43. The van der Waals surface area contributed by atoms with Crippen LogP contribution in [0, 0.1) is 0 Å². The number of anilines is 1. The molecule has 0 amide bonds. The Kier molecular flexibility index (Phi) is 4.98. The standard InChI is InChI=1S/C19H18BrClN4O/c20-14-5-6-18-22-15(11-19(26)25(18)12-14)13-23-7-9-24(10-8-23)17-4-2-1-3-16(17)21/h1-6,11-12H,7-10,13H2. The summed E-state index contributed by atoms with van der Waals surface area (Å²) in [6, 6.07) is 13.3. The van der Waals surface area contributed by atoms with Gasteiger partial charge < -0.3 is 4.90 Å². The van der Waals surface area contributed by atoms with Gasteiger partial charge in [0.05, 0.1) is 16.4 Å². The van der Waals surface area contributed by atoms with E-state index >= 15 is 0 Å². The number of piperazine rings is 1. The number of para-hydroxylation sites is 1. The lowest BCUT2D eigenvalue weighted by atomic mass is 10.2. The fourth-order valence-corrected chi connectivity index (χ4v) is 3.88. The molecule has 0 atom stereocenters. The molecule has 134 valence electrons. The third kappa shape index (κ3) is 3.63. The molecule has 0 spiro atoms. The summed E-state index contributed by atoms with van der Waals surface area (Å²) < 4.78 is 2.42. The molecule has 0 radical (unpaired) electrons. The zero-order valence-corrected chi connectivity index (χ0v) is 16.4. The molecular formula is C19H18BrClN4O. The zero-order chi connectivity index (χ0) is 18.1. The van der Waals surface area contributed by atoms with Crippen LogP contribution in [0.15, 0.2) is 57.9 Å². The molecule has 1 saturated heterocycles. The van der Waals surface area contributed by atoms with Gasteiger partial charge in [-0.2, -0.15) is 0 Å². The van der Waals surface area contributed by atoms with E-state index in [1.54, 1.807) is 16.7 Å². The number of benzene rings is 1. The fourth-order valence-electron chi connectivity index (χ4n) is 3.29. The van der Waals surface area contributed by atoms with Gasteiger partial charge in [-0.25, -0.2) is 4.98 Å². The van der Waals surface area contributed by atoms with Gasteiger partial charge in [0, 0.05) is 49.5 Å². The molecule has 0 bridgehead atoms. The van der Waals surface area contributed by atoms with Crippen LogP contribution < -0.4 is 10.5 Å². The fraction of sp³-hybridized carbons (Fsp3) is 0.263. The van der Waals surface area contributed by atoms with Crippen LogP contribution in [-0.4, -0.2) is 40.5 Å². The van der Waals surface area contributed by atoms with E-state index in [1.165, 1.54) is 0 Å². The highest BCUT2D eigenvalue weighted by molar-refractivity contribution is 9.10. The van der Waals surface area contributed by atoms with Crippen LogP contribution in [-0.2, 0) is 6.54 Å². The van der Waals surface area contributed by atoms with Crippen LogP contribution in [0.1, 0.15) is 5.69 Å². The normalized spacial score (nSPS) is 15.5. The maximum absolute atomic E-state index is 12.3. The van der Waals surface area contributed by atoms with Crippen LogP contribution in [0.4, 0.5) is 5.69 Å². The Balaban J connectivity index is 1.46. The largest absolute Gasteiger partial charge is 0.368 e. The van der Waals surface area contributed by atoms with Gasteiger partial charge in [-0.05, 0) is 40.2 Å². The van der Waals surface area contributed by atoms with Crippen molar-refractivity contribution in [3.05, 3.63) is 74.2 Å². The maximum atomic E-state index is 12.3. The van der Waals surface area contributed by atoms with Crippen molar-refractivity contribution in [3.63, 3.8) is 0 Å². The third-order valence-electron chi connectivity index (χ3n) is 4.63. The van der Waals surface area contributed by atoms with E-state index in [-0.39, 0.29) is 5.56 Å². The van der Waals surface area contributed by atoms with Crippen LogP contribution in [0.25, 0.3) is 5.65 Å². The predicted molar refractivity (Wildman–Crippen MR) is 108 cm³/mol. The lowest BCUT2D eigenvalue weighted by molar-refractivity contribution is 0.247. The molecule has 0 N–H and O–H groups in total. The average molecular weight is 434 g/mol. The average Bonchev–Trinajstić information content (AvgIpc) is 2.64. The van der Waals surface area contributed by atoms with Crippen LogP contribution in [0.5, 0.6) is 0 Å². The van der Waals surface area contributed by atoms with Crippen molar-refractivity contribution in [1.82, 2.24) is 14.3 Å². The van der Waals surface area contributed by atoms with E-state index in [9.17, 15) is 4.79 Å². The Labute approximate surface area is 165 Å². The highest BCUT2D eigenvalue weighted by atomic mass is 79.9. The second-order valence-corrected chi connectivity index (χ2v) is 7.70. The van der Waals surface area contributed by atoms with Gasteiger partial charge >= 0.3 is 0 Å². The molecule has 3 aromatic rings. The first-order valence-electron chi connectivity index (χ1n) is 8.50. The Bertz CT molecular complexity index is 998. The Morgan fingerprint density at radius 3 is 2.62 bits per heavy atom. The summed E-state index contributed by atoms with van der Waals surface area (Å²) in [4.78, 5) is 21.6. The van der Waals surface area contributed by atoms with E-state index in [0.29, 0.717) is 12.2 Å². The number of rotatable bonds is 3. The highest BCUT2D eigenvalue weighted by Crippen LogP contribution is 2.26. The second-order valence-electron chi connectivity index (χ2n) is 6.38. The van der Waals surface area contributed by atoms with Gasteiger partial charge in [-0.15, -0.1) is 0 Å². The molecule has 1 aromatic carbocycles. The minimum atomic E-state index is -0.0546. The highest BCUT2D eigenvalue weighted by Gasteiger charge is 2.19. The monoisotopic (exact) mass is 432 g/mol. The van der Waals surface area contributed by atoms with Gasteiger partial charge in [0.1, 0.15) is 5.65 Å². The summed E-state index contributed by atoms with van der Waals surface area (Å²) in [5.74, 6) is 0. The number of pyridine rings is 1. The molecule has 0 aliphatic carbocycles. The lowest BCUT2D eigenvalue weighted by Crippen LogP contribution is -2.46.